The second-order valence-electron chi connectivity index (χ2n) is 4.02. The van der Waals surface area contributed by atoms with Crippen molar-refractivity contribution in [2.75, 3.05) is 19.4 Å². The molecule has 17 heavy (non-hydrogen) atoms. The monoisotopic (exact) mass is 251 g/mol. The fraction of sp³-hybridized carbons (Fsp3) is 0.462. The molecule has 1 saturated heterocycles. The summed E-state index contributed by atoms with van der Waals surface area (Å²) in [5, 5.41) is 2.67. The molecule has 0 aliphatic carbocycles. The molecule has 0 aromatic heterocycles. The van der Waals surface area contributed by atoms with E-state index in [4.69, 9.17) is 4.74 Å². The molecule has 1 aromatic rings. The zero-order chi connectivity index (χ0) is 12.1. The Bertz CT molecular complexity index is 389. The summed E-state index contributed by atoms with van der Waals surface area (Å²) in [5.74, 6) is 0.897. The fourth-order valence-electron chi connectivity index (χ4n) is 1.87. The van der Waals surface area contributed by atoms with E-state index in [9.17, 15) is 4.79 Å². The van der Waals surface area contributed by atoms with Gasteiger partial charge in [-0.25, -0.2) is 0 Å². The minimum atomic E-state index is -0.0274. The standard InChI is InChI=1S/C13H17NO2S/c1-14-13(15)11-6-2-3-7-12(11)17-9-10-5-4-8-16-10/h2-3,6-7,10H,4-5,8-9H2,1H3,(H,14,15)/t10-/m1/s1. The normalized spacial score (nSPS) is 19.2. The first-order valence-electron chi connectivity index (χ1n) is 5.87. The second-order valence-corrected chi connectivity index (χ2v) is 5.08. The van der Waals surface area contributed by atoms with E-state index in [1.54, 1.807) is 18.8 Å². The van der Waals surface area contributed by atoms with Crippen LogP contribution in [0.3, 0.4) is 0 Å². The predicted octanol–water partition coefficient (Wildman–Crippen LogP) is 2.32. The molecule has 1 aliphatic heterocycles. The average Bonchev–Trinajstić information content (AvgIpc) is 2.89. The van der Waals surface area contributed by atoms with Crippen molar-refractivity contribution in [2.45, 2.75) is 23.8 Å². The van der Waals surface area contributed by atoms with Crippen LogP contribution in [0.15, 0.2) is 29.2 Å². The molecule has 1 N–H and O–H groups in total. The van der Waals surface area contributed by atoms with Crippen molar-refractivity contribution in [1.82, 2.24) is 5.32 Å². The maximum atomic E-state index is 11.7. The Labute approximate surface area is 106 Å². The van der Waals surface area contributed by atoms with Crippen molar-refractivity contribution in [3.63, 3.8) is 0 Å². The largest absolute Gasteiger partial charge is 0.377 e. The second kappa shape index (κ2) is 6.07. The van der Waals surface area contributed by atoms with Gasteiger partial charge in [-0.15, -0.1) is 11.8 Å². The number of nitrogens with one attached hydrogen (secondary N) is 1. The first kappa shape index (κ1) is 12.5. The van der Waals surface area contributed by atoms with Crippen LogP contribution in [-0.4, -0.2) is 31.4 Å². The zero-order valence-electron chi connectivity index (χ0n) is 9.94. The third-order valence-corrected chi connectivity index (χ3v) is 4.01. The zero-order valence-corrected chi connectivity index (χ0v) is 10.8. The maximum absolute atomic E-state index is 11.7. The van der Waals surface area contributed by atoms with Gasteiger partial charge in [-0.2, -0.15) is 0 Å². The molecule has 1 atom stereocenters. The molecule has 1 aromatic carbocycles. The Morgan fingerprint density at radius 1 is 1.53 bits per heavy atom. The summed E-state index contributed by atoms with van der Waals surface area (Å²) in [6.07, 6.45) is 2.63. The number of benzene rings is 1. The van der Waals surface area contributed by atoms with Gasteiger partial charge in [0, 0.05) is 24.3 Å². The summed E-state index contributed by atoms with van der Waals surface area (Å²) >= 11 is 1.70. The van der Waals surface area contributed by atoms with Gasteiger partial charge in [0.2, 0.25) is 0 Å². The van der Waals surface area contributed by atoms with E-state index < -0.39 is 0 Å². The molecule has 3 nitrogen and oxygen atoms in total. The van der Waals surface area contributed by atoms with E-state index in [0.29, 0.717) is 6.10 Å². The van der Waals surface area contributed by atoms with Crippen molar-refractivity contribution in [3.8, 4) is 0 Å². The van der Waals surface area contributed by atoms with Gasteiger partial charge in [-0.1, -0.05) is 12.1 Å². The first-order valence-corrected chi connectivity index (χ1v) is 6.85. The van der Waals surface area contributed by atoms with E-state index in [1.807, 2.05) is 24.3 Å². The van der Waals surface area contributed by atoms with Gasteiger partial charge in [0.05, 0.1) is 11.7 Å². The lowest BCUT2D eigenvalue weighted by atomic mass is 10.2. The topological polar surface area (TPSA) is 38.3 Å². The van der Waals surface area contributed by atoms with E-state index in [0.717, 1.165) is 35.7 Å². The number of rotatable bonds is 4. The van der Waals surface area contributed by atoms with Crippen molar-refractivity contribution in [3.05, 3.63) is 29.8 Å². The highest BCUT2D eigenvalue weighted by molar-refractivity contribution is 7.99. The minimum Gasteiger partial charge on any atom is -0.377 e. The van der Waals surface area contributed by atoms with E-state index in [1.165, 1.54) is 0 Å². The summed E-state index contributed by atoms with van der Waals surface area (Å²) in [6.45, 7) is 0.877. The number of carbonyl (C=O) groups excluding carboxylic acids is 1. The van der Waals surface area contributed by atoms with Crippen LogP contribution >= 0.6 is 11.8 Å². The lowest BCUT2D eigenvalue weighted by Gasteiger charge is -2.11. The van der Waals surface area contributed by atoms with Crippen LogP contribution in [0, 0.1) is 0 Å². The molecule has 0 bridgehead atoms. The van der Waals surface area contributed by atoms with Gasteiger partial charge in [0.15, 0.2) is 0 Å². The summed E-state index contributed by atoms with van der Waals surface area (Å²) < 4.78 is 5.58. The van der Waals surface area contributed by atoms with Gasteiger partial charge in [-0.05, 0) is 25.0 Å². The highest BCUT2D eigenvalue weighted by atomic mass is 32.2. The number of thioether (sulfide) groups is 1. The van der Waals surface area contributed by atoms with Crippen LogP contribution in [0.4, 0.5) is 0 Å². The Kier molecular flexibility index (Phi) is 4.45. The van der Waals surface area contributed by atoms with Crippen LogP contribution < -0.4 is 5.32 Å². The van der Waals surface area contributed by atoms with Crippen LogP contribution in [0.2, 0.25) is 0 Å². The number of carbonyl (C=O) groups is 1. The van der Waals surface area contributed by atoms with Crippen LogP contribution in [0.5, 0.6) is 0 Å². The number of hydrogen-bond donors (Lipinski definition) is 1. The molecule has 2 rings (SSSR count). The highest BCUT2D eigenvalue weighted by Crippen LogP contribution is 2.26. The summed E-state index contributed by atoms with van der Waals surface area (Å²) in [5.41, 5.74) is 0.748. The Morgan fingerprint density at radius 3 is 3.06 bits per heavy atom. The fourth-order valence-corrected chi connectivity index (χ4v) is 2.99. The predicted molar refractivity (Wildman–Crippen MR) is 69.5 cm³/mol. The third-order valence-electron chi connectivity index (χ3n) is 2.81. The summed E-state index contributed by atoms with van der Waals surface area (Å²) in [6, 6.07) is 7.70. The van der Waals surface area contributed by atoms with E-state index in [2.05, 4.69) is 5.32 Å². The molecule has 0 saturated carbocycles. The Morgan fingerprint density at radius 2 is 2.35 bits per heavy atom. The Balaban J connectivity index is 2.01. The lowest BCUT2D eigenvalue weighted by molar-refractivity contribution is 0.0960. The quantitative estimate of drug-likeness (QED) is 0.835. The summed E-state index contributed by atoms with van der Waals surface area (Å²) in [7, 11) is 1.66. The molecule has 92 valence electrons. The minimum absolute atomic E-state index is 0.0274. The number of amides is 1. The van der Waals surface area contributed by atoms with Gasteiger partial charge < -0.3 is 10.1 Å². The molecule has 0 unspecified atom stereocenters. The molecule has 1 heterocycles. The van der Waals surface area contributed by atoms with Gasteiger partial charge >= 0.3 is 0 Å². The summed E-state index contributed by atoms with van der Waals surface area (Å²) in [4.78, 5) is 12.7. The van der Waals surface area contributed by atoms with Crippen LogP contribution in [-0.2, 0) is 4.74 Å². The van der Waals surface area contributed by atoms with Gasteiger partial charge in [-0.3, -0.25) is 4.79 Å². The molecule has 0 spiro atoms. The highest BCUT2D eigenvalue weighted by Gasteiger charge is 2.17. The van der Waals surface area contributed by atoms with E-state index >= 15 is 0 Å². The van der Waals surface area contributed by atoms with Crippen LogP contribution in [0.25, 0.3) is 0 Å². The van der Waals surface area contributed by atoms with Crippen molar-refractivity contribution in [2.24, 2.45) is 0 Å². The van der Waals surface area contributed by atoms with Gasteiger partial charge in [0.25, 0.3) is 5.91 Å². The number of hydrogen-bond acceptors (Lipinski definition) is 3. The van der Waals surface area contributed by atoms with Crippen molar-refractivity contribution >= 4 is 17.7 Å². The molecular formula is C13H17NO2S. The molecule has 4 heteroatoms. The molecular weight excluding hydrogens is 234 g/mol. The van der Waals surface area contributed by atoms with Gasteiger partial charge in [0.1, 0.15) is 0 Å². The SMILES string of the molecule is CNC(=O)c1ccccc1SC[C@H]1CCCO1. The molecule has 1 amide bonds. The lowest BCUT2D eigenvalue weighted by Crippen LogP contribution is -2.18. The smallest absolute Gasteiger partial charge is 0.252 e. The van der Waals surface area contributed by atoms with E-state index in [-0.39, 0.29) is 5.91 Å². The molecule has 1 aliphatic rings. The van der Waals surface area contributed by atoms with Crippen LogP contribution in [0.1, 0.15) is 23.2 Å². The third kappa shape index (κ3) is 3.23. The number of ether oxygens (including phenoxy) is 1. The first-order chi connectivity index (χ1) is 8.31. The molecule has 1 fully saturated rings. The Hall–Kier alpha value is -1.00. The van der Waals surface area contributed by atoms with Crippen molar-refractivity contribution < 1.29 is 9.53 Å². The van der Waals surface area contributed by atoms with Crippen molar-refractivity contribution in [1.29, 1.82) is 0 Å². The average molecular weight is 251 g/mol. The maximum Gasteiger partial charge on any atom is 0.252 e. The molecule has 0 radical (unpaired) electrons.